The summed E-state index contributed by atoms with van der Waals surface area (Å²) in [5.74, 6) is -0.850. The third-order valence-corrected chi connectivity index (χ3v) is 5.28. The predicted octanol–water partition coefficient (Wildman–Crippen LogP) is 1.82. The Morgan fingerprint density at radius 3 is 1.94 bits per heavy atom. The summed E-state index contributed by atoms with van der Waals surface area (Å²) in [4.78, 5) is 47.0. The Labute approximate surface area is 199 Å². The number of nitrogens with one attached hydrogen (secondary N) is 2. The summed E-state index contributed by atoms with van der Waals surface area (Å²) in [7, 11) is 0. The van der Waals surface area contributed by atoms with Crippen LogP contribution in [0.25, 0.3) is 0 Å². The van der Waals surface area contributed by atoms with E-state index in [1.54, 1.807) is 12.1 Å². The van der Waals surface area contributed by atoms with Crippen molar-refractivity contribution in [1.82, 2.24) is 15.8 Å². The van der Waals surface area contributed by atoms with Gasteiger partial charge in [0, 0.05) is 41.3 Å². The van der Waals surface area contributed by atoms with Crippen molar-refractivity contribution in [3.05, 3.63) is 79.9 Å². The van der Waals surface area contributed by atoms with Gasteiger partial charge in [0.15, 0.2) is 0 Å². The van der Waals surface area contributed by atoms with Crippen molar-refractivity contribution in [2.45, 2.75) is 12.8 Å². The van der Waals surface area contributed by atoms with E-state index in [0.29, 0.717) is 37.1 Å². The molecule has 0 spiro atoms. The Kier molecular flexibility index (Phi) is 8.67. The molecular formula is C22H23N7O6. The van der Waals surface area contributed by atoms with Crippen LogP contribution in [-0.4, -0.2) is 58.6 Å². The van der Waals surface area contributed by atoms with Crippen LogP contribution in [0.3, 0.4) is 0 Å². The number of benzene rings is 2. The smallest absolute Gasteiger partial charge is 0.270 e. The summed E-state index contributed by atoms with van der Waals surface area (Å²) in [6.45, 7) is 1.18. The lowest BCUT2D eigenvalue weighted by molar-refractivity contribution is -0.385. The summed E-state index contributed by atoms with van der Waals surface area (Å²) in [6, 6.07) is 11.8. The van der Waals surface area contributed by atoms with Crippen molar-refractivity contribution in [1.29, 1.82) is 0 Å². The second-order valence-electron chi connectivity index (χ2n) is 7.78. The third kappa shape index (κ3) is 7.78. The second-order valence-corrected chi connectivity index (χ2v) is 7.78. The van der Waals surface area contributed by atoms with Crippen LogP contribution in [-0.2, 0) is 9.59 Å². The van der Waals surface area contributed by atoms with Crippen LogP contribution >= 0.6 is 0 Å². The first-order chi connectivity index (χ1) is 16.8. The molecule has 2 amide bonds. The van der Waals surface area contributed by atoms with Gasteiger partial charge >= 0.3 is 0 Å². The standard InChI is InChI=1S/C22H23N7O6/c30-21(25-23-13-16-3-1-5-19(11-16)28(32)33)15-27-9-7-18(8-10-27)22(31)26-24-14-17-4-2-6-20(12-17)29(34)35/h1-6,11-14,18H,7-10,15H2,(H,25,30)(H,26,31)/b23-13+,24-14+. The van der Waals surface area contributed by atoms with Crippen molar-refractivity contribution in [2.75, 3.05) is 19.6 Å². The highest BCUT2D eigenvalue weighted by Crippen LogP contribution is 2.17. The Morgan fingerprint density at radius 1 is 0.914 bits per heavy atom. The fourth-order valence-electron chi connectivity index (χ4n) is 3.47. The first-order valence-corrected chi connectivity index (χ1v) is 10.7. The number of hydrogen-bond acceptors (Lipinski definition) is 9. The molecule has 2 aromatic rings. The number of nitro groups is 2. The van der Waals surface area contributed by atoms with E-state index in [0.717, 1.165) is 0 Å². The molecule has 2 N–H and O–H groups in total. The first kappa shape index (κ1) is 25.1. The van der Waals surface area contributed by atoms with Gasteiger partial charge < -0.3 is 0 Å². The van der Waals surface area contributed by atoms with Gasteiger partial charge in [0.2, 0.25) is 5.91 Å². The SMILES string of the molecule is O=C(CN1CCC(C(=O)N/N=C/c2cccc([N+](=O)[O-])c2)CC1)N/N=C/c1cccc([N+](=O)[O-])c1. The molecule has 1 aliphatic heterocycles. The van der Waals surface area contributed by atoms with Gasteiger partial charge in [0.25, 0.3) is 17.3 Å². The Morgan fingerprint density at radius 2 is 1.43 bits per heavy atom. The molecule has 0 unspecified atom stereocenters. The number of piperidine rings is 1. The van der Waals surface area contributed by atoms with Crippen LogP contribution in [0.5, 0.6) is 0 Å². The zero-order chi connectivity index (χ0) is 25.2. The predicted molar refractivity (Wildman–Crippen MR) is 127 cm³/mol. The molecule has 35 heavy (non-hydrogen) atoms. The summed E-state index contributed by atoms with van der Waals surface area (Å²) in [6.07, 6.45) is 3.76. The highest BCUT2D eigenvalue weighted by atomic mass is 16.6. The van der Waals surface area contributed by atoms with E-state index in [-0.39, 0.29) is 35.7 Å². The first-order valence-electron chi connectivity index (χ1n) is 10.7. The highest BCUT2D eigenvalue weighted by molar-refractivity contribution is 5.84. The zero-order valence-corrected chi connectivity index (χ0v) is 18.6. The van der Waals surface area contributed by atoms with Crippen molar-refractivity contribution in [3.63, 3.8) is 0 Å². The van der Waals surface area contributed by atoms with Crippen molar-refractivity contribution >= 4 is 35.6 Å². The Balaban J connectivity index is 1.39. The molecule has 0 aliphatic carbocycles. The van der Waals surface area contributed by atoms with Crippen LogP contribution in [0, 0.1) is 26.1 Å². The molecule has 13 nitrogen and oxygen atoms in total. The van der Waals surface area contributed by atoms with Gasteiger partial charge in [0.1, 0.15) is 0 Å². The minimum Gasteiger partial charge on any atom is -0.294 e. The average molecular weight is 481 g/mol. The maximum Gasteiger partial charge on any atom is 0.270 e. The number of hydrazone groups is 2. The molecule has 1 aliphatic rings. The summed E-state index contributed by atoms with van der Waals surface area (Å²) >= 11 is 0. The average Bonchev–Trinajstić information content (AvgIpc) is 2.84. The fraction of sp³-hybridized carbons (Fsp3) is 0.273. The number of likely N-dealkylation sites (tertiary alicyclic amines) is 1. The summed E-state index contributed by atoms with van der Waals surface area (Å²) in [5, 5.41) is 29.3. The number of nitro benzene ring substituents is 2. The lowest BCUT2D eigenvalue weighted by atomic mass is 9.96. The van der Waals surface area contributed by atoms with E-state index in [1.165, 1.54) is 48.8 Å². The third-order valence-electron chi connectivity index (χ3n) is 5.28. The van der Waals surface area contributed by atoms with Crippen LogP contribution in [0.1, 0.15) is 24.0 Å². The minimum absolute atomic E-state index is 0.0635. The number of carbonyl (C=O) groups excluding carboxylic acids is 2. The van der Waals surface area contributed by atoms with E-state index in [4.69, 9.17) is 0 Å². The number of non-ortho nitro benzene ring substituents is 2. The zero-order valence-electron chi connectivity index (χ0n) is 18.6. The number of nitrogens with zero attached hydrogens (tertiary/aromatic N) is 5. The molecule has 0 saturated carbocycles. The monoisotopic (exact) mass is 481 g/mol. The topological polar surface area (TPSA) is 172 Å². The molecule has 1 saturated heterocycles. The van der Waals surface area contributed by atoms with Gasteiger partial charge in [-0.15, -0.1) is 0 Å². The molecule has 182 valence electrons. The molecule has 2 aromatic carbocycles. The normalized spacial score (nSPS) is 14.7. The lowest BCUT2D eigenvalue weighted by Gasteiger charge is -2.30. The van der Waals surface area contributed by atoms with Crippen LogP contribution in [0.2, 0.25) is 0 Å². The van der Waals surface area contributed by atoms with Crippen LogP contribution in [0.15, 0.2) is 58.7 Å². The maximum atomic E-state index is 12.3. The van der Waals surface area contributed by atoms with Gasteiger partial charge in [0.05, 0.1) is 28.8 Å². The quantitative estimate of drug-likeness (QED) is 0.312. The van der Waals surface area contributed by atoms with Crippen molar-refractivity contribution < 1.29 is 19.4 Å². The van der Waals surface area contributed by atoms with E-state index in [2.05, 4.69) is 21.1 Å². The molecule has 1 fully saturated rings. The Hall–Kier alpha value is -4.52. The molecule has 0 aromatic heterocycles. The van der Waals surface area contributed by atoms with E-state index in [9.17, 15) is 29.8 Å². The van der Waals surface area contributed by atoms with E-state index >= 15 is 0 Å². The molecule has 13 heteroatoms. The van der Waals surface area contributed by atoms with Crippen LogP contribution < -0.4 is 10.9 Å². The number of hydrogen-bond donors (Lipinski definition) is 2. The van der Waals surface area contributed by atoms with Gasteiger partial charge in [-0.05, 0) is 25.9 Å². The van der Waals surface area contributed by atoms with Gasteiger partial charge in [-0.1, -0.05) is 24.3 Å². The molecule has 0 bridgehead atoms. The van der Waals surface area contributed by atoms with Crippen molar-refractivity contribution in [3.8, 4) is 0 Å². The molecule has 1 heterocycles. The highest BCUT2D eigenvalue weighted by Gasteiger charge is 2.25. The van der Waals surface area contributed by atoms with Gasteiger partial charge in [-0.25, -0.2) is 10.9 Å². The number of amides is 2. The number of carbonyl (C=O) groups is 2. The maximum absolute atomic E-state index is 12.3. The Bertz CT molecular complexity index is 1160. The van der Waals surface area contributed by atoms with E-state index < -0.39 is 9.85 Å². The second kappa shape index (κ2) is 12.1. The lowest BCUT2D eigenvalue weighted by Crippen LogP contribution is -2.43. The molecule has 0 atom stereocenters. The minimum atomic E-state index is -0.510. The summed E-state index contributed by atoms with van der Waals surface area (Å²) in [5.41, 5.74) is 5.70. The van der Waals surface area contributed by atoms with Crippen molar-refractivity contribution in [2.24, 2.45) is 16.1 Å². The largest absolute Gasteiger partial charge is 0.294 e. The van der Waals surface area contributed by atoms with E-state index in [1.807, 2.05) is 4.90 Å². The summed E-state index contributed by atoms with van der Waals surface area (Å²) < 4.78 is 0. The molecular weight excluding hydrogens is 458 g/mol. The fourth-order valence-corrected chi connectivity index (χ4v) is 3.47. The molecule has 0 radical (unpaired) electrons. The van der Waals surface area contributed by atoms with Gasteiger partial charge in [-0.3, -0.25) is 34.7 Å². The molecule has 3 rings (SSSR count). The number of rotatable bonds is 9. The van der Waals surface area contributed by atoms with Gasteiger partial charge in [-0.2, -0.15) is 10.2 Å². The van der Waals surface area contributed by atoms with Crippen LogP contribution in [0.4, 0.5) is 11.4 Å².